The molecule has 0 unspecified atom stereocenters. The second kappa shape index (κ2) is 6.66. The maximum Gasteiger partial charge on any atom is 0.243 e. The van der Waals surface area contributed by atoms with Gasteiger partial charge in [0.1, 0.15) is 10.9 Å². The van der Waals surface area contributed by atoms with Crippen molar-refractivity contribution >= 4 is 39.1 Å². The zero-order valence-electron chi connectivity index (χ0n) is 11.2. The summed E-state index contributed by atoms with van der Waals surface area (Å²) < 4.78 is 27.1. The number of rotatable bonds is 5. The first-order valence-corrected chi connectivity index (χ1v) is 8.37. The minimum absolute atomic E-state index is 0.0971. The van der Waals surface area contributed by atoms with Gasteiger partial charge in [-0.15, -0.1) is 0 Å². The minimum atomic E-state index is -4.07. The highest BCUT2D eigenvalue weighted by atomic mass is 35.5. The smallest absolute Gasteiger partial charge is 0.243 e. The van der Waals surface area contributed by atoms with Crippen LogP contribution in [0, 0.1) is 0 Å². The molecule has 0 fully saturated rings. The number of hydrogen-bond donors (Lipinski definition) is 2. The number of sulfonamides is 1. The molecule has 5 nitrogen and oxygen atoms in total. The molecule has 2 aromatic carbocycles. The van der Waals surface area contributed by atoms with E-state index in [2.05, 4.69) is 4.72 Å². The molecule has 0 heterocycles. The lowest BCUT2D eigenvalue weighted by molar-refractivity contribution is -0.119. The highest BCUT2D eigenvalue weighted by molar-refractivity contribution is 7.89. The van der Waals surface area contributed by atoms with Crippen molar-refractivity contribution in [2.24, 2.45) is 5.73 Å². The van der Waals surface area contributed by atoms with Crippen molar-refractivity contribution in [3.8, 4) is 0 Å². The number of hydrogen-bond acceptors (Lipinski definition) is 3. The Kier molecular flexibility index (Phi) is 5.08. The SMILES string of the molecule is NC(=O)[C@H](NS(=O)(=O)c1cccc(Cl)c1Cl)c1ccccc1. The summed E-state index contributed by atoms with van der Waals surface area (Å²) in [5.74, 6) is -0.826. The van der Waals surface area contributed by atoms with Gasteiger partial charge in [-0.3, -0.25) is 4.79 Å². The molecule has 2 aromatic rings. The average molecular weight is 359 g/mol. The summed E-state index contributed by atoms with van der Waals surface area (Å²) in [6.45, 7) is 0. The molecule has 0 saturated carbocycles. The van der Waals surface area contributed by atoms with E-state index in [1.165, 1.54) is 18.2 Å². The van der Waals surface area contributed by atoms with E-state index in [1.807, 2.05) is 0 Å². The first-order chi connectivity index (χ1) is 10.3. The molecule has 0 aliphatic rings. The van der Waals surface area contributed by atoms with Crippen molar-refractivity contribution in [1.82, 2.24) is 4.72 Å². The molecule has 2 rings (SSSR count). The van der Waals surface area contributed by atoms with Crippen molar-refractivity contribution in [3.05, 3.63) is 64.1 Å². The van der Waals surface area contributed by atoms with Crippen molar-refractivity contribution < 1.29 is 13.2 Å². The molecule has 3 N–H and O–H groups in total. The Morgan fingerprint density at radius 2 is 1.68 bits per heavy atom. The van der Waals surface area contributed by atoms with Crippen molar-refractivity contribution in [3.63, 3.8) is 0 Å². The maximum atomic E-state index is 12.4. The van der Waals surface area contributed by atoms with E-state index < -0.39 is 22.0 Å². The summed E-state index contributed by atoms with van der Waals surface area (Å²) in [5, 5.41) is -0.0205. The maximum absolute atomic E-state index is 12.4. The Bertz CT molecular complexity index is 795. The van der Waals surface area contributed by atoms with Crippen LogP contribution < -0.4 is 10.5 Å². The summed E-state index contributed by atoms with van der Waals surface area (Å²) in [4.78, 5) is 11.4. The summed E-state index contributed by atoms with van der Waals surface area (Å²) in [5.41, 5.74) is 5.72. The number of amides is 1. The largest absolute Gasteiger partial charge is 0.368 e. The third-order valence-electron chi connectivity index (χ3n) is 2.90. The second-order valence-corrected chi connectivity index (χ2v) is 6.89. The number of carbonyl (C=O) groups excluding carboxylic acids is 1. The van der Waals surface area contributed by atoms with E-state index in [0.29, 0.717) is 5.56 Å². The number of nitrogens with two attached hydrogens (primary N) is 1. The van der Waals surface area contributed by atoms with Crippen LogP contribution in [0.1, 0.15) is 11.6 Å². The van der Waals surface area contributed by atoms with E-state index in [4.69, 9.17) is 28.9 Å². The highest BCUT2D eigenvalue weighted by Crippen LogP contribution is 2.29. The molecule has 1 amide bonds. The molecule has 0 spiro atoms. The number of primary amides is 1. The van der Waals surface area contributed by atoms with Crippen LogP contribution in [0.25, 0.3) is 0 Å². The van der Waals surface area contributed by atoms with Gasteiger partial charge >= 0.3 is 0 Å². The van der Waals surface area contributed by atoms with E-state index in [1.54, 1.807) is 30.3 Å². The Balaban J connectivity index is 2.42. The van der Waals surface area contributed by atoms with Crippen LogP contribution in [-0.2, 0) is 14.8 Å². The lowest BCUT2D eigenvalue weighted by atomic mass is 10.1. The van der Waals surface area contributed by atoms with Crippen molar-refractivity contribution in [2.75, 3.05) is 0 Å². The molecular formula is C14H12Cl2N2O3S. The Labute approximate surface area is 138 Å². The minimum Gasteiger partial charge on any atom is -0.368 e. The van der Waals surface area contributed by atoms with Gasteiger partial charge in [0, 0.05) is 0 Å². The van der Waals surface area contributed by atoms with E-state index >= 15 is 0 Å². The van der Waals surface area contributed by atoms with Crippen LogP contribution in [0.15, 0.2) is 53.4 Å². The first kappa shape index (κ1) is 16.8. The summed E-state index contributed by atoms with van der Waals surface area (Å²) in [7, 11) is -4.07. The number of benzene rings is 2. The second-order valence-electron chi connectivity index (χ2n) is 4.42. The zero-order valence-corrected chi connectivity index (χ0v) is 13.5. The molecule has 0 aliphatic heterocycles. The molecule has 116 valence electrons. The predicted molar refractivity (Wildman–Crippen MR) is 85.2 cm³/mol. The number of carbonyl (C=O) groups is 1. The van der Waals surface area contributed by atoms with Gasteiger partial charge in [-0.2, -0.15) is 4.72 Å². The van der Waals surface area contributed by atoms with Gasteiger partial charge in [0.15, 0.2) is 0 Å². The van der Waals surface area contributed by atoms with Gasteiger partial charge in [-0.05, 0) is 17.7 Å². The number of nitrogens with one attached hydrogen (secondary N) is 1. The standard InChI is InChI=1S/C14H12Cl2N2O3S/c15-10-7-4-8-11(12(10)16)22(20,21)18-13(14(17)19)9-5-2-1-3-6-9/h1-8,13,18H,(H2,17,19)/t13-/m1/s1. The third-order valence-corrected chi connectivity index (χ3v) is 5.29. The van der Waals surface area contributed by atoms with E-state index in [-0.39, 0.29) is 14.9 Å². The molecule has 22 heavy (non-hydrogen) atoms. The van der Waals surface area contributed by atoms with Crippen molar-refractivity contribution in [1.29, 1.82) is 0 Å². The molecule has 0 aliphatic carbocycles. The first-order valence-electron chi connectivity index (χ1n) is 6.13. The summed E-state index contributed by atoms with van der Waals surface area (Å²) in [6.07, 6.45) is 0. The molecule has 1 atom stereocenters. The van der Waals surface area contributed by atoms with Crippen LogP contribution in [0.5, 0.6) is 0 Å². The molecule has 0 aromatic heterocycles. The van der Waals surface area contributed by atoms with E-state index in [0.717, 1.165) is 0 Å². The van der Waals surface area contributed by atoms with Crippen molar-refractivity contribution in [2.45, 2.75) is 10.9 Å². The topological polar surface area (TPSA) is 89.3 Å². The van der Waals surface area contributed by atoms with Crippen LogP contribution >= 0.6 is 23.2 Å². The van der Waals surface area contributed by atoms with E-state index in [9.17, 15) is 13.2 Å². The zero-order chi connectivity index (χ0) is 16.3. The third kappa shape index (κ3) is 3.59. The van der Waals surface area contributed by atoms with Gasteiger partial charge in [0.2, 0.25) is 15.9 Å². The fraction of sp³-hybridized carbons (Fsp3) is 0.0714. The molecule has 8 heteroatoms. The van der Waals surface area contributed by atoms with Gasteiger partial charge in [0.05, 0.1) is 10.0 Å². The Morgan fingerprint density at radius 1 is 1.05 bits per heavy atom. The fourth-order valence-corrected chi connectivity index (χ4v) is 3.80. The van der Waals surface area contributed by atoms with Crippen LogP contribution in [0.2, 0.25) is 10.0 Å². The van der Waals surface area contributed by atoms with Gasteiger partial charge < -0.3 is 5.73 Å². The quantitative estimate of drug-likeness (QED) is 0.860. The van der Waals surface area contributed by atoms with Gasteiger partial charge in [-0.1, -0.05) is 59.6 Å². The molecule has 0 radical (unpaired) electrons. The summed E-state index contributed by atoms with van der Waals surface area (Å²) in [6, 6.07) is 11.3. The Hall–Kier alpha value is -1.60. The lowest BCUT2D eigenvalue weighted by Crippen LogP contribution is -2.37. The molecule has 0 saturated heterocycles. The molecular weight excluding hydrogens is 347 g/mol. The predicted octanol–water partition coefficient (Wildman–Crippen LogP) is 2.50. The van der Waals surface area contributed by atoms with Gasteiger partial charge in [0.25, 0.3) is 0 Å². The highest BCUT2D eigenvalue weighted by Gasteiger charge is 2.27. The Morgan fingerprint density at radius 3 is 2.27 bits per heavy atom. The van der Waals surface area contributed by atoms with Gasteiger partial charge in [-0.25, -0.2) is 8.42 Å². The molecule has 0 bridgehead atoms. The normalized spacial score (nSPS) is 12.8. The fourth-order valence-electron chi connectivity index (χ4n) is 1.85. The lowest BCUT2D eigenvalue weighted by Gasteiger charge is -2.17. The monoisotopic (exact) mass is 358 g/mol. The van der Waals surface area contributed by atoms with Crippen LogP contribution in [0.3, 0.4) is 0 Å². The average Bonchev–Trinajstić information content (AvgIpc) is 2.48. The van der Waals surface area contributed by atoms with Crippen LogP contribution in [-0.4, -0.2) is 14.3 Å². The van der Waals surface area contributed by atoms with Crippen LogP contribution in [0.4, 0.5) is 0 Å². The summed E-state index contributed by atoms with van der Waals surface area (Å²) >= 11 is 11.7. The number of halogens is 2.